The van der Waals surface area contributed by atoms with E-state index in [2.05, 4.69) is 44.5 Å². The number of amides is 1. The van der Waals surface area contributed by atoms with E-state index in [-0.39, 0.29) is 5.91 Å². The van der Waals surface area contributed by atoms with Crippen molar-refractivity contribution in [3.63, 3.8) is 0 Å². The van der Waals surface area contributed by atoms with Gasteiger partial charge in [-0.25, -0.2) is 9.97 Å². The molecule has 1 aliphatic heterocycles. The normalized spacial score (nSPS) is 14.5. The third kappa shape index (κ3) is 4.22. The third-order valence-corrected chi connectivity index (χ3v) is 4.26. The van der Waals surface area contributed by atoms with Crippen molar-refractivity contribution in [2.75, 3.05) is 42.9 Å². The molecule has 2 heterocycles. The van der Waals surface area contributed by atoms with Crippen molar-refractivity contribution < 1.29 is 4.79 Å². The first-order valence-electron chi connectivity index (χ1n) is 8.33. The van der Waals surface area contributed by atoms with E-state index in [4.69, 9.17) is 0 Å². The van der Waals surface area contributed by atoms with Gasteiger partial charge < -0.3 is 15.1 Å². The molecule has 1 aromatic carbocycles. The average Bonchev–Trinajstić information content (AvgIpc) is 2.63. The number of rotatable bonds is 5. The van der Waals surface area contributed by atoms with Crippen LogP contribution in [0.3, 0.4) is 0 Å². The maximum atomic E-state index is 11.4. The molecule has 6 heteroatoms. The summed E-state index contributed by atoms with van der Waals surface area (Å²) in [5, 5.41) is 3.36. The van der Waals surface area contributed by atoms with Crippen molar-refractivity contribution in [1.82, 2.24) is 14.9 Å². The van der Waals surface area contributed by atoms with E-state index in [0.717, 1.165) is 50.8 Å². The summed E-state index contributed by atoms with van der Waals surface area (Å²) in [6.07, 6.45) is 2.55. The zero-order valence-electron chi connectivity index (χ0n) is 14.0. The fourth-order valence-electron chi connectivity index (χ4n) is 2.85. The van der Waals surface area contributed by atoms with Crippen LogP contribution in [-0.4, -0.2) is 53.5 Å². The first kappa shape index (κ1) is 16.2. The van der Waals surface area contributed by atoms with Gasteiger partial charge in [0.2, 0.25) is 5.91 Å². The van der Waals surface area contributed by atoms with Crippen molar-refractivity contribution in [3.8, 4) is 0 Å². The Labute approximate surface area is 142 Å². The molecule has 1 saturated heterocycles. The Morgan fingerprint density at radius 1 is 1.12 bits per heavy atom. The van der Waals surface area contributed by atoms with E-state index in [1.165, 1.54) is 5.56 Å². The summed E-state index contributed by atoms with van der Waals surface area (Å²) in [4.78, 5) is 24.1. The Hall–Kier alpha value is -2.63. The van der Waals surface area contributed by atoms with Crippen LogP contribution in [0.2, 0.25) is 0 Å². The molecule has 0 aliphatic carbocycles. The average molecular weight is 325 g/mol. The molecule has 126 valence electrons. The van der Waals surface area contributed by atoms with E-state index in [1.54, 1.807) is 13.3 Å². The summed E-state index contributed by atoms with van der Waals surface area (Å²) in [6, 6.07) is 12.4. The molecule has 0 bridgehead atoms. The van der Waals surface area contributed by atoms with Gasteiger partial charge in [0.25, 0.3) is 0 Å². The van der Waals surface area contributed by atoms with E-state index in [0.29, 0.717) is 0 Å². The number of carbonyl (C=O) groups excluding carboxylic acids is 1. The molecule has 0 spiro atoms. The second-order valence-electron chi connectivity index (χ2n) is 5.92. The number of aromatic nitrogens is 2. The minimum atomic E-state index is 0.139. The fraction of sp³-hybridized carbons (Fsp3) is 0.389. The van der Waals surface area contributed by atoms with Gasteiger partial charge in [-0.1, -0.05) is 30.3 Å². The molecule has 1 aliphatic rings. The Kier molecular flexibility index (Phi) is 5.25. The van der Waals surface area contributed by atoms with Gasteiger partial charge in [0, 0.05) is 45.7 Å². The third-order valence-electron chi connectivity index (χ3n) is 4.26. The second-order valence-corrected chi connectivity index (χ2v) is 5.92. The molecule has 0 radical (unpaired) electrons. The lowest BCUT2D eigenvalue weighted by Crippen LogP contribution is -2.48. The van der Waals surface area contributed by atoms with Crippen LogP contribution >= 0.6 is 0 Å². The lowest BCUT2D eigenvalue weighted by atomic mass is 10.1. The molecule has 1 fully saturated rings. The number of benzene rings is 1. The molecule has 1 amide bonds. The lowest BCUT2D eigenvalue weighted by molar-refractivity contribution is -0.129. The topological polar surface area (TPSA) is 61.4 Å². The van der Waals surface area contributed by atoms with Crippen molar-refractivity contribution in [3.05, 3.63) is 48.3 Å². The molecule has 1 N–H and O–H groups in total. The highest BCUT2D eigenvalue weighted by Gasteiger charge is 2.19. The van der Waals surface area contributed by atoms with Crippen molar-refractivity contribution in [1.29, 1.82) is 0 Å². The molecule has 2 aromatic rings. The summed E-state index contributed by atoms with van der Waals surface area (Å²) in [6.45, 7) is 5.56. The Balaban J connectivity index is 1.53. The Bertz CT molecular complexity index is 668. The van der Waals surface area contributed by atoms with Crippen LogP contribution < -0.4 is 10.2 Å². The number of hydrogen-bond acceptors (Lipinski definition) is 5. The van der Waals surface area contributed by atoms with Crippen LogP contribution in [0.4, 0.5) is 11.6 Å². The Morgan fingerprint density at radius 3 is 2.58 bits per heavy atom. The monoisotopic (exact) mass is 325 g/mol. The summed E-state index contributed by atoms with van der Waals surface area (Å²) in [5.41, 5.74) is 1.31. The predicted octanol–water partition coefficient (Wildman–Crippen LogP) is 1.80. The van der Waals surface area contributed by atoms with E-state index in [9.17, 15) is 4.79 Å². The zero-order valence-corrected chi connectivity index (χ0v) is 14.0. The first-order valence-corrected chi connectivity index (χ1v) is 8.33. The van der Waals surface area contributed by atoms with Crippen LogP contribution in [0, 0.1) is 0 Å². The molecular weight excluding hydrogens is 302 g/mol. The fourth-order valence-corrected chi connectivity index (χ4v) is 2.85. The molecule has 24 heavy (non-hydrogen) atoms. The largest absolute Gasteiger partial charge is 0.370 e. The highest BCUT2D eigenvalue weighted by atomic mass is 16.2. The van der Waals surface area contributed by atoms with Crippen LogP contribution in [0.1, 0.15) is 12.5 Å². The van der Waals surface area contributed by atoms with Crippen LogP contribution in [0.15, 0.2) is 42.7 Å². The van der Waals surface area contributed by atoms with E-state index < -0.39 is 0 Å². The van der Waals surface area contributed by atoms with Crippen molar-refractivity contribution >= 4 is 17.5 Å². The van der Waals surface area contributed by atoms with Gasteiger partial charge in [-0.05, 0) is 12.0 Å². The minimum absolute atomic E-state index is 0.139. The molecule has 0 unspecified atom stereocenters. The maximum absolute atomic E-state index is 11.4. The number of nitrogens with zero attached hydrogens (tertiary/aromatic N) is 4. The molecule has 6 nitrogen and oxygen atoms in total. The van der Waals surface area contributed by atoms with Gasteiger partial charge >= 0.3 is 0 Å². The van der Waals surface area contributed by atoms with E-state index in [1.807, 2.05) is 17.0 Å². The second kappa shape index (κ2) is 7.77. The van der Waals surface area contributed by atoms with Crippen molar-refractivity contribution in [2.24, 2.45) is 0 Å². The van der Waals surface area contributed by atoms with E-state index >= 15 is 0 Å². The molecule has 1 aromatic heterocycles. The maximum Gasteiger partial charge on any atom is 0.219 e. The SMILES string of the molecule is CC(=O)N1CCN(c2cc(NCCc3ccccc3)ncn2)CC1. The summed E-state index contributed by atoms with van der Waals surface area (Å²) < 4.78 is 0. The number of piperazine rings is 1. The highest BCUT2D eigenvalue weighted by Crippen LogP contribution is 2.16. The quantitative estimate of drug-likeness (QED) is 0.908. The number of hydrogen-bond donors (Lipinski definition) is 1. The zero-order chi connectivity index (χ0) is 16.8. The number of carbonyl (C=O) groups is 1. The number of anilines is 2. The lowest BCUT2D eigenvalue weighted by Gasteiger charge is -2.34. The molecular formula is C18H23N5O. The van der Waals surface area contributed by atoms with Gasteiger partial charge in [-0.3, -0.25) is 4.79 Å². The van der Waals surface area contributed by atoms with Crippen LogP contribution in [0.25, 0.3) is 0 Å². The number of nitrogens with one attached hydrogen (secondary N) is 1. The molecule has 0 atom stereocenters. The van der Waals surface area contributed by atoms with Gasteiger partial charge in [0.15, 0.2) is 0 Å². The summed E-state index contributed by atoms with van der Waals surface area (Å²) in [5.74, 6) is 1.89. The molecule has 3 rings (SSSR count). The standard InChI is InChI=1S/C18H23N5O/c1-15(24)22-9-11-23(12-10-22)18-13-17(20-14-21-18)19-8-7-16-5-3-2-4-6-16/h2-6,13-14H,7-12H2,1H3,(H,19,20,21). The van der Waals surface area contributed by atoms with Crippen molar-refractivity contribution in [2.45, 2.75) is 13.3 Å². The van der Waals surface area contributed by atoms with Crippen LogP contribution in [-0.2, 0) is 11.2 Å². The van der Waals surface area contributed by atoms with Gasteiger partial charge in [-0.2, -0.15) is 0 Å². The summed E-state index contributed by atoms with van der Waals surface area (Å²) in [7, 11) is 0. The highest BCUT2D eigenvalue weighted by molar-refractivity contribution is 5.73. The van der Waals surface area contributed by atoms with Gasteiger partial charge in [-0.15, -0.1) is 0 Å². The van der Waals surface area contributed by atoms with Crippen LogP contribution in [0.5, 0.6) is 0 Å². The predicted molar refractivity (Wildman–Crippen MR) is 95.1 cm³/mol. The van der Waals surface area contributed by atoms with Gasteiger partial charge in [0.1, 0.15) is 18.0 Å². The minimum Gasteiger partial charge on any atom is -0.370 e. The summed E-state index contributed by atoms with van der Waals surface area (Å²) >= 11 is 0. The Morgan fingerprint density at radius 2 is 1.88 bits per heavy atom. The smallest absolute Gasteiger partial charge is 0.219 e. The first-order chi connectivity index (χ1) is 11.7. The molecule has 0 saturated carbocycles. The van der Waals surface area contributed by atoms with Gasteiger partial charge in [0.05, 0.1) is 0 Å².